The van der Waals surface area contributed by atoms with E-state index < -0.39 is 7.12 Å². The van der Waals surface area contributed by atoms with Gasteiger partial charge in [-0.2, -0.15) is 0 Å². The van der Waals surface area contributed by atoms with Crippen LogP contribution in [-0.4, -0.2) is 24.2 Å². The van der Waals surface area contributed by atoms with Gasteiger partial charge in [0.15, 0.2) is 0 Å². The van der Waals surface area contributed by atoms with Crippen molar-refractivity contribution in [1.82, 2.24) is 0 Å². The highest BCUT2D eigenvalue weighted by atomic mass is 16.4. The number of benzene rings is 8. The quantitative estimate of drug-likeness (QED) is 0.0759. The highest BCUT2D eigenvalue weighted by Gasteiger charge is 2.07. The maximum atomic E-state index is 8.58. The van der Waals surface area contributed by atoms with Gasteiger partial charge in [-0.3, -0.25) is 0 Å². The fraction of sp³-hybridized carbons (Fsp3) is 0.143. The summed E-state index contributed by atoms with van der Waals surface area (Å²) in [5.41, 5.74) is 24.2. The van der Waals surface area contributed by atoms with Crippen LogP contribution in [0.2, 0.25) is 0 Å². The molecule has 0 spiro atoms. The minimum absolute atomic E-state index is 0.525. The van der Waals surface area contributed by atoms with Crippen LogP contribution in [0.3, 0.4) is 0 Å². The highest BCUT2D eigenvalue weighted by Crippen LogP contribution is 2.02. The first-order chi connectivity index (χ1) is 30.6. The molecule has 8 aromatic rings. The second kappa shape index (κ2) is 43.0. The second-order valence-electron chi connectivity index (χ2n) is 12.6. The van der Waals surface area contributed by atoms with Gasteiger partial charge in [-0.1, -0.05) is 239 Å². The lowest BCUT2D eigenvalue weighted by atomic mass is 9.81. The third-order valence-electron chi connectivity index (χ3n) is 7.38. The molecule has 0 aliphatic carbocycles. The number of hydrogen-bond acceptors (Lipinski definition) is 6. The standard InChI is InChI=1S/C7H9N.3C7H8.C6H7BO2.3C6H7N.2C2H6/c1-8-7-5-3-2-4-6-7;3*1-7-5-3-2-4-6-7;8-7(9)6-4-2-1-3-5-6;3*7-6-4-2-1-3-5-6;2*1-2/h2-6,8H,1H3;3*2-6H,1H3;1-5,8-9H;3*1-5H,7H2;2*1-2H3. The Morgan fingerprint density at radius 1 is 0.317 bits per heavy atom. The second-order valence-corrected chi connectivity index (χ2v) is 12.6. The Balaban J connectivity index is 0. The van der Waals surface area contributed by atoms with E-state index in [1.807, 2.05) is 217 Å². The molecule has 0 saturated heterocycles. The maximum absolute atomic E-state index is 8.58. The summed E-state index contributed by atoms with van der Waals surface area (Å²) in [7, 11) is 0.571. The molecule has 8 rings (SSSR count). The summed E-state index contributed by atoms with van der Waals surface area (Å²) in [4.78, 5) is 0. The zero-order valence-corrected chi connectivity index (χ0v) is 38.8. The van der Waals surface area contributed by atoms with Gasteiger partial charge in [-0.15, -0.1) is 0 Å². The Labute approximate surface area is 381 Å². The Kier molecular flexibility index (Phi) is 39.7. The van der Waals surface area contributed by atoms with E-state index in [0.29, 0.717) is 5.46 Å². The van der Waals surface area contributed by atoms with E-state index >= 15 is 0 Å². The summed E-state index contributed by atoms with van der Waals surface area (Å²) in [6.07, 6.45) is 0. The summed E-state index contributed by atoms with van der Waals surface area (Å²) >= 11 is 0. The van der Waals surface area contributed by atoms with Crippen LogP contribution in [0, 0.1) is 20.8 Å². The average Bonchev–Trinajstić information content (AvgIpc) is 3.34. The number of hydrogen-bond donors (Lipinski definition) is 6. The lowest BCUT2D eigenvalue weighted by molar-refractivity contribution is 0.426. The van der Waals surface area contributed by atoms with E-state index in [9.17, 15) is 0 Å². The van der Waals surface area contributed by atoms with Gasteiger partial charge in [0.25, 0.3) is 0 Å². The zero-order valence-electron chi connectivity index (χ0n) is 38.8. The molecule has 332 valence electrons. The number of nitrogen functional groups attached to an aromatic ring is 3. The minimum Gasteiger partial charge on any atom is -0.423 e. The number of anilines is 4. The predicted octanol–water partition coefficient (Wildman–Crippen LogP) is 12.9. The third kappa shape index (κ3) is 38.9. The molecule has 63 heavy (non-hydrogen) atoms. The number of nitrogens with one attached hydrogen (secondary N) is 1. The fourth-order valence-corrected chi connectivity index (χ4v) is 4.19. The van der Waals surface area contributed by atoms with Crippen LogP contribution < -0.4 is 28.0 Å². The summed E-state index contributed by atoms with van der Waals surface area (Å²) in [5.74, 6) is 0. The van der Waals surface area contributed by atoms with Crippen LogP contribution in [0.25, 0.3) is 0 Å². The zero-order chi connectivity index (χ0) is 47.2. The molecule has 0 radical (unpaired) electrons. The van der Waals surface area contributed by atoms with Crippen molar-refractivity contribution in [3.63, 3.8) is 0 Å². The number of para-hydroxylation sites is 4. The molecule has 0 saturated carbocycles. The van der Waals surface area contributed by atoms with Crippen LogP contribution in [0.4, 0.5) is 22.7 Å². The largest absolute Gasteiger partial charge is 0.488 e. The van der Waals surface area contributed by atoms with Crippen LogP contribution in [0.5, 0.6) is 0 Å². The van der Waals surface area contributed by atoms with Gasteiger partial charge in [-0.05, 0) is 74.8 Å². The lowest BCUT2D eigenvalue weighted by Gasteiger charge is -1.94. The van der Waals surface area contributed by atoms with Gasteiger partial charge in [0.2, 0.25) is 0 Å². The summed E-state index contributed by atoms with van der Waals surface area (Å²) in [6, 6.07) is 78.0. The topological polar surface area (TPSA) is 131 Å². The van der Waals surface area contributed by atoms with Gasteiger partial charge in [0.05, 0.1) is 0 Å². The van der Waals surface area contributed by atoms with Crippen molar-refractivity contribution in [2.45, 2.75) is 48.5 Å². The Bertz CT molecular complexity index is 1760. The van der Waals surface area contributed by atoms with Gasteiger partial charge in [-0.25, -0.2) is 0 Å². The van der Waals surface area contributed by atoms with Crippen molar-refractivity contribution < 1.29 is 10.0 Å². The summed E-state index contributed by atoms with van der Waals surface area (Å²) < 4.78 is 0. The van der Waals surface area contributed by atoms with Gasteiger partial charge in [0, 0.05) is 29.8 Å². The van der Waals surface area contributed by atoms with Gasteiger partial charge >= 0.3 is 7.12 Å². The molecule has 0 aliphatic rings. The third-order valence-corrected chi connectivity index (χ3v) is 7.38. The summed E-state index contributed by atoms with van der Waals surface area (Å²) in [5, 5.41) is 20.2. The molecule has 0 heterocycles. The highest BCUT2D eigenvalue weighted by molar-refractivity contribution is 6.58. The first kappa shape index (κ1) is 58.0. The van der Waals surface area contributed by atoms with E-state index in [2.05, 4.69) is 62.5 Å². The van der Waals surface area contributed by atoms with Gasteiger partial charge < -0.3 is 32.6 Å². The van der Waals surface area contributed by atoms with Crippen molar-refractivity contribution in [3.05, 3.63) is 259 Å². The van der Waals surface area contributed by atoms with Crippen molar-refractivity contribution in [2.75, 3.05) is 29.6 Å². The van der Waals surface area contributed by atoms with E-state index in [-0.39, 0.29) is 0 Å². The molecule has 0 fully saturated rings. The summed E-state index contributed by atoms with van der Waals surface area (Å²) in [6.45, 7) is 14.3. The predicted molar refractivity (Wildman–Crippen MR) is 281 cm³/mol. The SMILES string of the molecule is CC.CC.CNc1ccccc1.Cc1ccccc1.Cc1ccccc1.Cc1ccccc1.Nc1ccccc1.Nc1ccccc1.Nc1ccccc1.OB(O)c1ccccc1. The number of aryl methyl sites for hydroxylation is 3. The lowest BCUT2D eigenvalue weighted by Crippen LogP contribution is -2.29. The number of nitrogens with two attached hydrogens (primary N) is 3. The molecule has 9 N–H and O–H groups in total. The normalized spacial score (nSPS) is 8.35. The van der Waals surface area contributed by atoms with E-state index in [4.69, 9.17) is 27.2 Å². The monoisotopic (exact) mass is 845 g/mol. The van der Waals surface area contributed by atoms with Crippen molar-refractivity contribution in [3.8, 4) is 0 Å². The molecular formula is C56H73BN4O2. The molecule has 0 bridgehead atoms. The van der Waals surface area contributed by atoms with Crippen molar-refractivity contribution in [1.29, 1.82) is 0 Å². The molecule has 0 atom stereocenters. The van der Waals surface area contributed by atoms with Crippen LogP contribution in [0.1, 0.15) is 44.4 Å². The van der Waals surface area contributed by atoms with E-state index in [1.54, 1.807) is 24.3 Å². The molecule has 0 amide bonds. The fourth-order valence-electron chi connectivity index (χ4n) is 4.19. The maximum Gasteiger partial charge on any atom is 0.488 e. The molecule has 7 heteroatoms. The molecule has 8 aromatic carbocycles. The molecule has 0 unspecified atom stereocenters. The van der Waals surface area contributed by atoms with E-state index in [1.165, 1.54) is 16.7 Å². The van der Waals surface area contributed by atoms with Gasteiger partial charge in [0.1, 0.15) is 0 Å². The minimum atomic E-state index is -1.34. The number of rotatable bonds is 2. The average molecular weight is 845 g/mol. The van der Waals surface area contributed by atoms with Crippen LogP contribution >= 0.6 is 0 Å². The Hall–Kier alpha value is -7.06. The Morgan fingerprint density at radius 2 is 0.508 bits per heavy atom. The molecular weight excluding hydrogens is 771 g/mol. The smallest absolute Gasteiger partial charge is 0.423 e. The molecule has 0 aliphatic heterocycles. The first-order valence-electron chi connectivity index (χ1n) is 21.2. The van der Waals surface area contributed by atoms with Crippen molar-refractivity contribution in [2.24, 2.45) is 0 Å². The molecule has 0 aromatic heterocycles. The van der Waals surface area contributed by atoms with E-state index in [0.717, 1.165) is 22.7 Å². The van der Waals surface area contributed by atoms with Crippen LogP contribution in [-0.2, 0) is 0 Å². The molecule has 6 nitrogen and oxygen atoms in total. The Morgan fingerprint density at radius 3 is 0.619 bits per heavy atom. The van der Waals surface area contributed by atoms with Crippen molar-refractivity contribution >= 4 is 35.3 Å². The van der Waals surface area contributed by atoms with Crippen LogP contribution in [0.15, 0.2) is 243 Å². The first-order valence-corrected chi connectivity index (χ1v) is 21.2.